The van der Waals surface area contributed by atoms with E-state index in [0.717, 1.165) is 17.5 Å². The first-order chi connectivity index (χ1) is 6.74. The smallest absolute Gasteiger partial charge is 0.137 e. The minimum Gasteiger partial charge on any atom is -0.299 e. The first kappa shape index (κ1) is 11.2. The fraction of sp³-hybridized carbons (Fsp3) is 0.455. The van der Waals surface area contributed by atoms with Gasteiger partial charge in [0.2, 0.25) is 0 Å². The third-order valence-electron chi connectivity index (χ3n) is 2.12. The Hall–Kier alpha value is -0.890. The zero-order valence-electron chi connectivity index (χ0n) is 8.29. The highest BCUT2D eigenvalue weighted by molar-refractivity contribution is 6.17. The number of nitrogens with zero attached hydrogens (tertiary/aromatic N) is 1. The molecule has 0 saturated heterocycles. The topological polar surface area (TPSA) is 30.0 Å². The lowest BCUT2D eigenvalue weighted by Crippen LogP contribution is -2.04. The average molecular weight is 212 g/mol. The molecule has 76 valence electrons. The van der Waals surface area contributed by atoms with Crippen molar-refractivity contribution in [2.24, 2.45) is 0 Å². The largest absolute Gasteiger partial charge is 0.299 e. The normalized spacial score (nSPS) is 10.1. The molecular formula is C11H14ClNO. The number of carbonyl (C=O) groups excluding carboxylic acids is 1. The van der Waals surface area contributed by atoms with Gasteiger partial charge in [-0.05, 0) is 30.5 Å². The first-order valence-electron chi connectivity index (χ1n) is 4.71. The number of halogens is 1. The van der Waals surface area contributed by atoms with Crippen molar-refractivity contribution in [1.82, 2.24) is 4.98 Å². The molecule has 0 amide bonds. The van der Waals surface area contributed by atoms with Gasteiger partial charge in [0.1, 0.15) is 5.78 Å². The second-order valence-corrected chi connectivity index (χ2v) is 3.69. The summed E-state index contributed by atoms with van der Waals surface area (Å²) in [7, 11) is 0. The van der Waals surface area contributed by atoms with E-state index < -0.39 is 0 Å². The van der Waals surface area contributed by atoms with Crippen LogP contribution in [-0.4, -0.2) is 16.6 Å². The number of rotatable bonds is 5. The molecule has 0 bridgehead atoms. The number of alkyl halides is 1. The monoisotopic (exact) mass is 211 g/mol. The zero-order chi connectivity index (χ0) is 10.4. The third kappa shape index (κ3) is 3.46. The average Bonchev–Trinajstić information content (AvgIpc) is 2.18. The summed E-state index contributed by atoms with van der Waals surface area (Å²) in [5, 5.41) is 0. The quantitative estimate of drug-likeness (QED) is 0.701. The van der Waals surface area contributed by atoms with E-state index in [1.807, 2.05) is 13.0 Å². The standard InChI is InChI=1S/C11H14ClNO/c1-9-4-6-13-8-10(9)7-11(14)3-2-5-12/h4,6,8H,2-3,5,7H2,1H3. The lowest BCUT2D eigenvalue weighted by molar-refractivity contribution is -0.118. The molecule has 0 atom stereocenters. The van der Waals surface area contributed by atoms with Crippen LogP contribution in [0.15, 0.2) is 18.5 Å². The minimum absolute atomic E-state index is 0.238. The molecule has 1 aromatic rings. The highest BCUT2D eigenvalue weighted by Gasteiger charge is 2.05. The second-order valence-electron chi connectivity index (χ2n) is 3.31. The van der Waals surface area contributed by atoms with Gasteiger partial charge in [0.05, 0.1) is 0 Å². The van der Waals surface area contributed by atoms with Crippen LogP contribution in [0.5, 0.6) is 0 Å². The van der Waals surface area contributed by atoms with Crippen LogP contribution in [0.25, 0.3) is 0 Å². The van der Waals surface area contributed by atoms with Crippen molar-refractivity contribution < 1.29 is 4.79 Å². The molecule has 1 aromatic heterocycles. The van der Waals surface area contributed by atoms with Crippen molar-refractivity contribution in [1.29, 1.82) is 0 Å². The van der Waals surface area contributed by atoms with E-state index in [4.69, 9.17) is 11.6 Å². The fourth-order valence-corrected chi connectivity index (χ4v) is 1.38. The van der Waals surface area contributed by atoms with Crippen molar-refractivity contribution in [3.05, 3.63) is 29.6 Å². The maximum absolute atomic E-state index is 11.4. The Balaban J connectivity index is 2.52. The predicted molar refractivity (Wildman–Crippen MR) is 57.6 cm³/mol. The van der Waals surface area contributed by atoms with Gasteiger partial charge >= 0.3 is 0 Å². The second kappa shape index (κ2) is 5.76. The first-order valence-corrected chi connectivity index (χ1v) is 5.24. The Morgan fingerprint density at radius 2 is 2.36 bits per heavy atom. The van der Waals surface area contributed by atoms with Crippen LogP contribution < -0.4 is 0 Å². The van der Waals surface area contributed by atoms with Gasteiger partial charge < -0.3 is 0 Å². The Bertz CT molecular complexity index is 312. The van der Waals surface area contributed by atoms with Gasteiger partial charge in [0.25, 0.3) is 0 Å². The lowest BCUT2D eigenvalue weighted by atomic mass is 10.0. The highest BCUT2D eigenvalue weighted by atomic mass is 35.5. The van der Waals surface area contributed by atoms with Gasteiger partial charge in [-0.25, -0.2) is 0 Å². The summed E-state index contributed by atoms with van der Waals surface area (Å²) >= 11 is 5.52. The third-order valence-corrected chi connectivity index (χ3v) is 2.39. The van der Waals surface area contributed by atoms with Crippen molar-refractivity contribution >= 4 is 17.4 Å². The van der Waals surface area contributed by atoms with Crippen LogP contribution in [0, 0.1) is 6.92 Å². The maximum Gasteiger partial charge on any atom is 0.137 e. The van der Waals surface area contributed by atoms with Crippen LogP contribution in [0.1, 0.15) is 24.0 Å². The van der Waals surface area contributed by atoms with Crippen molar-refractivity contribution in [2.45, 2.75) is 26.2 Å². The number of carbonyl (C=O) groups is 1. The molecule has 0 saturated carbocycles. The van der Waals surface area contributed by atoms with E-state index in [2.05, 4.69) is 4.98 Å². The van der Waals surface area contributed by atoms with Gasteiger partial charge in [0, 0.05) is 31.1 Å². The lowest BCUT2D eigenvalue weighted by Gasteiger charge is -2.03. The maximum atomic E-state index is 11.4. The zero-order valence-corrected chi connectivity index (χ0v) is 9.05. The molecule has 1 rings (SSSR count). The molecule has 0 N–H and O–H groups in total. The Morgan fingerprint density at radius 1 is 1.57 bits per heavy atom. The van der Waals surface area contributed by atoms with Crippen molar-refractivity contribution in [3.63, 3.8) is 0 Å². The Morgan fingerprint density at radius 3 is 3.00 bits per heavy atom. The molecule has 0 radical (unpaired) electrons. The molecule has 14 heavy (non-hydrogen) atoms. The van der Waals surface area contributed by atoms with Crippen LogP contribution in [-0.2, 0) is 11.2 Å². The number of aromatic nitrogens is 1. The van der Waals surface area contributed by atoms with Gasteiger partial charge in [-0.15, -0.1) is 11.6 Å². The number of aryl methyl sites for hydroxylation is 1. The number of hydrogen-bond acceptors (Lipinski definition) is 2. The molecule has 0 fully saturated rings. The van der Waals surface area contributed by atoms with Crippen molar-refractivity contribution in [3.8, 4) is 0 Å². The van der Waals surface area contributed by atoms with E-state index in [9.17, 15) is 4.79 Å². The number of hydrogen-bond donors (Lipinski definition) is 0. The van der Waals surface area contributed by atoms with Crippen molar-refractivity contribution in [2.75, 3.05) is 5.88 Å². The van der Waals surface area contributed by atoms with E-state index in [0.29, 0.717) is 18.7 Å². The van der Waals surface area contributed by atoms with E-state index >= 15 is 0 Å². The summed E-state index contributed by atoms with van der Waals surface area (Å²) in [4.78, 5) is 15.4. The highest BCUT2D eigenvalue weighted by Crippen LogP contribution is 2.08. The summed E-state index contributed by atoms with van der Waals surface area (Å²) in [5.74, 6) is 0.791. The van der Waals surface area contributed by atoms with Crippen LogP contribution in [0.3, 0.4) is 0 Å². The molecule has 0 aliphatic rings. The van der Waals surface area contributed by atoms with Crippen LogP contribution in [0.2, 0.25) is 0 Å². The number of ketones is 1. The number of Topliss-reactive ketones (excluding diaryl/α,β-unsaturated/α-hetero) is 1. The molecule has 3 heteroatoms. The summed E-state index contributed by atoms with van der Waals surface area (Å²) in [6.45, 7) is 1.99. The summed E-state index contributed by atoms with van der Waals surface area (Å²) in [6.07, 6.45) is 5.31. The summed E-state index contributed by atoms with van der Waals surface area (Å²) in [5.41, 5.74) is 2.14. The van der Waals surface area contributed by atoms with Gasteiger partial charge in [0.15, 0.2) is 0 Å². The van der Waals surface area contributed by atoms with Gasteiger partial charge in [-0.1, -0.05) is 0 Å². The fourth-order valence-electron chi connectivity index (χ4n) is 1.25. The summed E-state index contributed by atoms with van der Waals surface area (Å²) < 4.78 is 0. The van der Waals surface area contributed by atoms with E-state index in [-0.39, 0.29) is 5.78 Å². The summed E-state index contributed by atoms with van der Waals surface area (Å²) in [6, 6.07) is 1.92. The SMILES string of the molecule is Cc1ccncc1CC(=O)CCCCl. The molecule has 0 spiro atoms. The molecule has 0 aromatic carbocycles. The van der Waals surface area contributed by atoms with Crippen LogP contribution in [0.4, 0.5) is 0 Å². The Kier molecular flexibility index (Phi) is 4.60. The van der Waals surface area contributed by atoms with E-state index in [1.165, 1.54) is 0 Å². The predicted octanol–water partition coefficient (Wildman–Crippen LogP) is 2.52. The molecule has 0 aliphatic carbocycles. The number of pyridine rings is 1. The molecular weight excluding hydrogens is 198 g/mol. The molecule has 1 heterocycles. The van der Waals surface area contributed by atoms with Gasteiger partial charge in [-0.2, -0.15) is 0 Å². The molecule has 0 unspecified atom stereocenters. The molecule has 2 nitrogen and oxygen atoms in total. The Labute approximate surface area is 89.3 Å². The minimum atomic E-state index is 0.238. The van der Waals surface area contributed by atoms with Crippen LogP contribution >= 0.6 is 11.6 Å². The van der Waals surface area contributed by atoms with Gasteiger partial charge in [-0.3, -0.25) is 9.78 Å². The van der Waals surface area contributed by atoms with E-state index in [1.54, 1.807) is 12.4 Å². The molecule has 0 aliphatic heterocycles.